The lowest BCUT2D eigenvalue weighted by atomic mass is 10.1. The molecule has 3 nitrogen and oxygen atoms in total. The topological polar surface area (TPSA) is 44.9 Å². The summed E-state index contributed by atoms with van der Waals surface area (Å²) < 4.78 is 1.89. The average Bonchev–Trinajstić information content (AvgIpc) is 2.61. The Hall–Kier alpha value is -0.810. The summed E-state index contributed by atoms with van der Waals surface area (Å²) in [5.74, 6) is -0.0875. The lowest BCUT2D eigenvalue weighted by Gasteiger charge is -1.99. The van der Waals surface area contributed by atoms with Crippen LogP contribution in [0.4, 0.5) is 0 Å². The Morgan fingerprint density at radius 3 is 2.67 bits per heavy atom. The summed E-state index contributed by atoms with van der Waals surface area (Å²) in [5, 5.41) is 3.51. The number of rotatable bonds is 1. The van der Waals surface area contributed by atoms with Gasteiger partial charge >= 0.3 is 0 Å². The van der Waals surface area contributed by atoms with Gasteiger partial charge in [-0.05, 0) is 44.0 Å². The van der Waals surface area contributed by atoms with Gasteiger partial charge in [0.2, 0.25) is 0 Å². The van der Waals surface area contributed by atoms with E-state index in [-0.39, 0.29) is 5.91 Å². The van der Waals surface area contributed by atoms with Crippen LogP contribution in [0.25, 0.3) is 10.9 Å². The van der Waals surface area contributed by atoms with E-state index in [2.05, 4.69) is 42.2 Å². The smallest absolute Gasteiger partial charge is 0.253 e. The zero-order chi connectivity index (χ0) is 11.0. The van der Waals surface area contributed by atoms with Crippen LogP contribution in [0.1, 0.15) is 10.4 Å². The van der Waals surface area contributed by atoms with Crippen LogP contribution in [0.15, 0.2) is 27.3 Å². The molecule has 1 heterocycles. The van der Waals surface area contributed by atoms with E-state index in [1.807, 2.05) is 12.1 Å². The van der Waals surface area contributed by atoms with Crippen molar-refractivity contribution < 1.29 is 4.79 Å². The minimum absolute atomic E-state index is 0.0875. The van der Waals surface area contributed by atoms with Gasteiger partial charge in [0.15, 0.2) is 0 Å². The number of carbonyl (C=O) groups excluding carboxylic acids is 1. The molecule has 0 atom stereocenters. The molecule has 5 heteroatoms. The molecule has 0 saturated carbocycles. The second-order valence-electron chi connectivity index (χ2n) is 3.09. The Morgan fingerprint density at radius 2 is 2.00 bits per heavy atom. The molecular weight excluding hydrogens is 324 g/mol. The van der Waals surface area contributed by atoms with Crippen molar-refractivity contribution in [1.82, 2.24) is 10.3 Å². The predicted octanol–water partition coefficient (Wildman–Crippen LogP) is 3.05. The molecule has 0 radical (unpaired) electrons. The molecule has 0 saturated heterocycles. The molecule has 0 fully saturated rings. The summed E-state index contributed by atoms with van der Waals surface area (Å²) in [5.41, 5.74) is 1.59. The van der Waals surface area contributed by atoms with Gasteiger partial charge in [0.25, 0.3) is 5.91 Å². The lowest BCUT2D eigenvalue weighted by Crippen LogP contribution is -2.17. The third-order valence-corrected chi connectivity index (χ3v) is 4.04. The molecule has 0 unspecified atom stereocenters. The van der Waals surface area contributed by atoms with E-state index in [9.17, 15) is 4.79 Å². The van der Waals surface area contributed by atoms with Gasteiger partial charge in [-0.2, -0.15) is 0 Å². The number of carbonyl (C=O) groups is 1. The van der Waals surface area contributed by atoms with Crippen LogP contribution < -0.4 is 5.32 Å². The molecule has 2 N–H and O–H groups in total. The molecule has 2 rings (SSSR count). The molecule has 15 heavy (non-hydrogen) atoms. The van der Waals surface area contributed by atoms with Crippen molar-refractivity contribution in [1.29, 1.82) is 0 Å². The van der Waals surface area contributed by atoms with Crippen LogP contribution in [0.5, 0.6) is 0 Å². The first kappa shape index (κ1) is 10.7. The van der Waals surface area contributed by atoms with Crippen LogP contribution in [0, 0.1) is 0 Å². The lowest BCUT2D eigenvalue weighted by molar-refractivity contribution is 0.0965. The van der Waals surface area contributed by atoms with Crippen LogP contribution in [0.3, 0.4) is 0 Å². The summed E-state index contributed by atoms with van der Waals surface area (Å²) in [6, 6.07) is 3.85. The molecule has 0 spiro atoms. The van der Waals surface area contributed by atoms with E-state index in [1.165, 1.54) is 0 Å². The SMILES string of the molecule is CNC(=O)c1c[nH]c2cc(Br)c(Br)cc12. The Kier molecular flexibility index (Phi) is 2.84. The minimum atomic E-state index is -0.0875. The highest BCUT2D eigenvalue weighted by Gasteiger charge is 2.11. The first-order chi connectivity index (χ1) is 7.13. The quantitative estimate of drug-likeness (QED) is 0.828. The molecule has 78 valence electrons. The van der Waals surface area contributed by atoms with Crippen LogP contribution in [-0.2, 0) is 0 Å². The number of halogens is 2. The zero-order valence-electron chi connectivity index (χ0n) is 7.90. The second-order valence-corrected chi connectivity index (χ2v) is 4.80. The van der Waals surface area contributed by atoms with Gasteiger partial charge in [-0.3, -0.25) is 4.79 Å². The van der Waals surface area contributed by atoms with E-state index in [1.54, 1.807) is 13.2 Å². The molecule has 1 aromatic heterocycles. The first-order valence-corrected chi connectivity index (χ1v) is 5.90. The van der Waals surface area contributed by atoms with E-state index in [4.69, 9.17) is 0 Å². The van der Waals surface area contributed by atoms with Gasteiger partial charge in [-0.25, -0.2) is 0 Å². The van der Waals surface area contributed by atoms with E-state index >= 15 is 0 Å². The van der Waals surface area contributed by atoms with Crippen LogP contribution >= 0.6 is 31.9 Å². The van der Waals surface area contributed by atoms with Crippen molar-refractivity contribution in [2.45, 2.75) is 0 Å². The van der Waals surface area contributed by atoms with Crippen molar-refractivity contribution in [3.8, 4) is 0 Å². The van der Waals surface area contributed by atoms with Gasteiger partial charge in [0.05, 0.1) is 5.56 Å². The van der Waals surface area contributed by atoms with Crippen molar-refractivity contribution >= 4 is 48.7 Å². The Labute approximate surface area is 103 Å². The Balaban J connectivity index is 2.69. The fraction of sp³-hybridized carbons (Fsp3) is 0.100. The molecule has 1 amide bonds. The summed E-state index contributed by atoms with van der Waals surface area (Å²) in [7, 11) is 1.62. The molecule has 0 aliphatic carbocycles. The second kappa shape index (κ2) is 3.98. The van der Waals surface area contributed by atoms with Gasteiger partial charge in [0, 0.05) is 33.1 Å². The van der Waals surface area contributed by atoms with E-state index < -0.39 is 0 Å². The fourth-order valence-corrected chi connectivity index (χ4v) is 2.13. The van der Waals surface area contributed by atoms with E-state index in [0.29, 0.717) is 5.56 Å². The minimum Gasteiger partial charge on any atom is -0.360 e. The van der Waals surface area contributed by atoms with Crippen molar-refractivity contribution in [2.75, 3.05) is 7.05 Å². The zero-order valence-corrected chi connectivity index (χ0v) is 11.1. The number of fused-ring (bicyclic) bond motifs is 1. The summed E-state index contributed by atoms with van der Waals surface area (Å²) in [6.45, 7) is 0. The van der Waals surface area contributed by atoms with Gasteiger partial charge < -0.3 is 10.3 Å². The Morgan fingerprint density at radius 1 is 1.33 bits per heavy atom. The highest BCUT2D eigenvalue weighted by Crippen LogP contribution is 2.29. The largest absolute Gasteiger partial charge is 0.360 e. The van der Waals surface area contributed by atoms with Gasteiger partial charge in [-0.15, -0.1) is 0 Å². The number of hydrogen-bond acceptors (Lipinski definition) is 1. The van der Waals surface area contributed by atoms with Crippen molar-refractivity contribution in [2.24, 2.45) is 0 Å². The van der Waals surface area contributed by atoms with Crippen LogP contribution in [0.2, 0.25) is 0 Å². The van der Waals surface area contributed by atoms with Crippen molar-refractivity contribution in [3.05, 3.63) is 32.8 Å². The predicted molar refractivity (Wildman–Crippen MR) is 67.1 cm³/mol. The first-order valence-electron chi connectivity index (χ1n) is 4.31. The van der Waals surface area contributed by atoms with E-state index in [0.717, 1.165) is 19.8 Å². The molecular formula is C10H8Br2N2O. The average molecular weight is 332 g/mol. The van der Waals surface area contributed by atoms with Gasteiger partial charge in [0.1, 0.15) is 0 Å². The number of aromatic nitrogens is 1. The normalized spacial score (nSPS) is 10.6. The molecule has 1 aromatic carbocycles. The number of hydrogen-bond donors (Lipinski definition) is 2. The molecule has 0 aliphatic rings. The van der Waals surface area contributed by atoms with Gasteiger partial charge in [-0.1, -0.05) is 0 Å². The maximum Gasteiger partial charge on any atom is 0.253 e. The number of H-pyrrole nitrogens is 1. The number of aromatic amines is 1. The van der Waals surface area contributed by atoms with Crippen molar-refractivity contribution in [3.63, 3.8) is 0 Å². The van der Waals surface area contributed by atoms with Crippen LogP contribution in [-0.4, -0.2) is 17.9 Å². The molecule has 0 bridgehead atoms. The maximum atomic E-state index is 11.5. The summed E-state index contributed by atoms with van der Waals surface area (Å²) in [6.07, 6.45) is 1.71. The summed E-state index contributed by atoms with van der Waals surface area (Å²) >= 11 is 6.83. The Bertz CT molecular complexity index is 533. The standard InChI is InChI=1S/C10H8Br2N2O/c1-13-10(15)6-4-14-9-3-8(12)7(11)2-5(6)9/h2-4,14H,1H3,(H,13,15). The highest BCUT2D eigenvalue weighted by molar-refractivity contribution is 9.13. The summed E-state index contributed by atoms with van der Waals surface area (Å²) in [4.78, 5) is 14.6. The maximum absolute atomic E-state index is 11.5. The fourth-order valence-electron chi connectivity index (χ4n) is 1.44. The molecule has 0 aliphatic heterocycles. The monoisotopic (exact) mass is 330 g/mol. The number of amides is 1. The highest BCUT2D eigenvalue weighted by atomic mass is 79.9. The third-order valence-electron chi connectivity index (χ3n) is 2.19. The number of nitrogens with one attached hydrogen (secondary N) is 2. The number of benzene rings is 1. The molecule has 2 aromatic rings. The third kappa shape index (κ3) is 1.81.